The van der Waals surface area contributed by atoms with E-state index in [0.29, 0.717) is 11.8 Å². The first-order valence-electron chi connectivity index (χ1n) is 10.8. The van der Waals surface area contributed by atoms with Crippen LogP contribution in [0.15, 0.2) is 77.2 Å². The third-order valence-electron chi connectivity index (χ3n) is 6.03. The highest BCUT2D eigenvalue weighted by molar-refractivity contribution is 6.10. The normalized spacial score (nSPS) is 11.9. The molecular formula is C28H27NO. The van der Waals surface area contributed by atoms with Crippen LogP contribution in [-0.4, -0.2) is 0 Å². The Morgan fingerprint density at radius 3 is 2.27 bits per heavy atom. The van der Waals surface area contributed by atoms with Crippen LogP contribution in [0.3, 0.4) is 0 Å². The van der Waals surface area contributed by atoms with E-state index in [2.05, 4.69) is 93.7 Å². The number of benzene rings is 4. The first-order valence-corrected chi connectivity index (χ1v) is 10.8. The zero-order valence-corrected chi connectivity index (χ0v) is 18.0. The van der Waals surface area contributed by atoms with Crippen molar-refractivity contribution in [3.8, 4) is 0 Å². The number of fused-ring (bicyclic) bond motifs is 4. The van der Waals surface area contributed by atoms with Gasteiger partial charge in [0.05, 0.1) is 5.69 Å². The van der Waals surface area contributed by atoms with Crippen molar-refractivity contribution in [2.75, 3.05) is 5.32 Å². The summed E-state index contributed by atoms with van der Waals surface area (Å²) >= 11 is 0. The molecule has 0 spiro atoms. The maximum absolute atomic E-state index is 6.27. The van der Waals surface area contributed by atoms with Crippen molar-refractivity contribution < 1.29 is 4.42 Å². The summed E-state index contributed by atoms with van der Waals surface area (Å²) in [6.07, 6.45) is 0. The summed E-state index contributed by atoms with van der Waals surface area (Å²) in [5.41, 5.74) is 6.69. The van der Waals surface area contributed by atoms with Crippen molar-refractivity contribution in [2.45, 2.75) is 39.5 Å². The van der Waals surface area contributed by atoms with Crippen LogP contribution >= 0.6 is 0 Å². The fraction of sp³-hybridized carbons (Fsp3) is 0.214. The number of rotatable bonds is 4. The topological polar surface area (TPSA) is 25.2 Å². The molecule has 1 aromatic heterocycles. The molecule has 0 amide bonds. The molecule has 0 radical (unpaired) electrons. The zero-order chi connectivity index (χ0) is 20.8. The van der Waals surface area contributed by atoms with E-state index in [1.165, 1.54) is 27.6 Å². The molecule has 0 saturated carbocycles. The second-order valence-electron chi connectivity index (χ2n) is 8.73. The Kier molecular flexibility index (Phi) is 4.51. The highest BCUT2D eigenvalue weighted by Crippen LogP contribution is 2.39. The summed E-state index contributed by atoms with van der Waals surface area (Å²) in [6.45, 7) is 8.99. The number of nitrogens with one attached hydrogen (secondary N) is 1. The lowest BCUT2D eigenvalue weighted by Gasteiger charge is -2.19. The van der Waals surface area contributed by atoms with Crippen molar-refractivity contribution in [1.29, 1.82) is 0 Å². The van der Waals surface area contributed by atoms with E-state index >= 15 is 0 Å². The Morgan fingerprint density at radius 1 is 0.700 bits per heavy atom. The highest BCUT2D eigenvalue weighted by Gasteiger charge is 2.16. The minimum atomic E-state index is 0.412. The highest BCUT2D eigenvalue weighted by atomic mass is 16.3. The number of para-hydroxylation sites is 2. The van der Waals surface area contributed by atoms with Gasteiger partial charge in [-0.2, -0.15) is 0 Å². The smallest absolute Gasteiger partial charge is 0.158 e. The Balaban J connectivity index is 1.75. The van der Waals surface area contributed by atoms with Gasteiger partial charge in [0.1, 0.15) is 5.58 Å². The van der Waals surface area contributed by atoms with Gasteiger partial charge < -0.3 is 9.73 Å². The van der Waals surface area contributed by atoms with Crippen LogP contribution in [0.2, 0.25) is 0 Å². The summed E-state index contributed by atoms with van der Waals surface area (Å²) in [5, 5.41) is 8.59. The van der Waals surface area contributed by atoms with E-state index in [1.807, 2.05) is 12.1 Å². The monoisotopic (exact) mass is 393 g/mol. The molecule has 0 bridgehead atoms. The SMILES string of the molecule is CC(C)c1ccc2ccc(C(C)C)c(Nc3cccc4c3oc3ccccc34)c2c1. The summed E-state index contributed by atoms with van der Waals surface area (Å²) in [7, 11) is 0. The fourth-order valence-corrected chi connectivity index (χ4v) is 4.31. The summed E-state index contributed by atoms with van der Waals surface area (Å²) in [6, 6.07) is 25.9. The van der Waals surface area contributed by atoms with E-state index in [-0.39, 0.29) is 0 Å². The Hall–Kier alpha value is -3.26. The van der Waals surface area contributed by atoms with E-state index in [1.54, 1.807) is 0 Å². The fourth-order valence-electron chi connectivity index (χ4n) is 4.31. The van der Waals surface area contributed by atoms with E-state index in [0.717, 1.165) is 27.6 Å². The van der Waals surface area contributed by atoms with E-state index in [9.17, 15) is 0 Å². The van der Waals surface area contributed by atoms with Crippen LogP contribution in [0.4, 0.5) is 11.4 Å². The van der Waals surface area contributed by atoms with Gasteiger partial charge in [-0.15, -0.1) is 0 Å². The molecule has 30 heavy (non-hydrogen) atoms. The third kappa shape index (κ3) is 3.04. The van der Waals surface area contributed by atoms with Crippen molar-refractivity contribution >= 4 is 44.1 Å². The Bertz CT molecular complexity index is 1370. The molecule has 0 aliphatic rings. The van der Waals surface area contributed by atoms with Crippen molar-refractivity contribution in [3.63, 3.8) is 0 Å². The van der Waals surface area contributed by atoms with Crippen LogP contribution in [0, 0.1) is 0 Å². The lowest BCUT2D eigenvalue weighted by molar-refractivity contribution is 0.670. The van der Waals surface area contributed by atoms with Gasteiger partial charge in [-0.05, 0) is 46.5 Å². The van der Waals surface area contributed by atoms with Gasteiger partial charge in [0.15, 0.2) is 5.58 Å². The first-order chi connectivity index (χ1) is 14.5. The molecule has 0 atom stereocenters. The molecule has 2 heteroatoms. The number of furan rings is 1. The molecular weight excluding hydrogens is 366 g/mol. The van der Waals surface area contributed by atoms with Crippen LogP contribution < -0.4 is 5.32 Å². The molecule has 0 aliphatic heterocycles. The standard InChI is InChI=1S/C28H27NO/c1-17(2)20-13-12-19-14-15-21(18(3)4)27(24(19)16-20)29-25-10-7-9-23-22-8-5-6-11-26(22)30-28(23)25/h5-18,29H,1-4H3. The average molecular weight is 394 g/mol. The van der Waals surface area contributed by atoms with Crippen LogP contribution in [0.1, 0.15) is 50.7 Å². The molecule has 0 unspecified atom stereocenters. The predicted octanol–water partition coefficient (Wildman–Crippen LogP) is 8.73. The molecule has 1 heterocycles. The summed E-state index contributed by atoms with van der Waals surface area (Å²) in [4.78, 5) is 0. The number of anilines is 2. The lowest BCUT2D eigenvalue weighted by atomic mass is 9.93. The van der Waals surface area contributed by atoms with Gasteiger partial charge in [0.2, 0.25) is 0 Å². The maximum Gasteiger partial charge on any atom is 0.158 e. The van der Waals surface area contributed by atoms with Gasteiger partial charge in [-0.1, -0.05) is 82.3 Å². The van der Waals surface area contributed by atoms with Crippen LogP contribution in [0.5, 0.6) is 0 Å². The number of hydrogen-bond donors (Lipinski definition) is 1. The molecule has 0 saturated heterocycles. The number of hydrogen-bond acceptors (Lipinski definition) is 2. The van der Waals surface area contributed by atoms with Crippen LogP contribution in [0.25, 0.3) is 32.7 Å². The van der Waals surface area contributed by atoms with E-state index < -0.39 is 0 Å². The van der Waals surface area contributed by atoms with Crippen molar-refractivity contribution in [3.05, 3.63) is 83.9 Å². The third-order valence-corrected chi connectivity index (χ3v) is 6.03. The molecule has 2 nitrogen and oxygen atoms in total. The van der Waals surface area contributed by atoms with Gasteiger partial charge in [0.25, 0.3) is 0 Å². The van der Waals surface area contributed by atoms with Gasteiger partial charge in [-0.3, -0.25) is 0 Å². The lowest BCUT2D eigenvalue weighted by Crippen LogP contribution is -2.00. The Labute approximate surface area is 177 Å². The second kappa shape index (κ2) is 7.21. The molecule has 150 valence electrons. The quantitative estimate of drug-likeness (QED) is 0.330. The maximum atomic E-state index is 6.27. The van der Waals surface area contributed by atoms with Crippen LogP contribution in [-0.2, 0) is 0 Å². The summed E-state index contributed by atoms with van der Waals surface area (Å²) < 4.78 is 6.27. The minimum Gasteiger partial charge on any atom is -0.454 e. The zero-order valence-electron chi connectivity index (χ0n) is 18.0. The van der Waals surface area contributed by atoms with Gasteiger partial charge in [0, 0.05) is 21.8 Å². The van der Waals surface area contributed by atoms with Gasteiger partial charge >= 0.3 is 0 Å². The van der Waals surface area contributed by atoms with Crippen molar-refractivity contribution in [1.82, 2.24) is 0 Å². The molecule has 5 rings (SSSR count). The minimum absolute atomic E-state index is 0.412. The molecule has 1 N–H and O–H groups in total. The largest absolute Gasteiger partial charge is 0.454 e. The molecule has 0 aliphatic carbocycles. The average Bonchev–Trinajstić information content (AvgIpc) is 3.13. The Morgan fingerprint density at radius 2 is 1.47 bits per heavy atom. The second-order valence-corrected chi connectivity index (χ2v) is 8.73. The molecule has 5 aromatic rings. The van der Waals surface area contributed by atoms with Crippen molar-refractivity contribution in [2.24, 2.45) is 0 Å². The molecule has 4 aromatic carbocycles. The molecule has 0 fully saturated rings. The van der Waals surface area contributed by atoms with Gasteiger partial charge in [-0.25, -0.2) is 0 Å². The van der Waals surface area contributed by atoms with E-state index in [4.69, 9.17) is 4.42 Å². The predicted molar refractivity (Wildman–Crippen MR) is 129 cm³/mol. The summed E-state index contributed by atoms with van der Waals surface area (Å²) in [5.74, 6) is 0.901. The first kappa shape index (κ1) is 18.7.